The Kier molecular flexibility index (Phi) is 4.54. The number of hydrogen-bond acceptors (Lipinski definition) is 2. The highest BCUT2D eigenvalue weighted by atomic mass is 19.4. The van der Waals surface area contributed by atoms with Gasteiger partial charge in [0.1, 0.15) is 0 Å². The van der Waals surface area contributed by atoms with Crippen LogP contribution in [0, 0.1) is 17.8 Å². The third-order valence-corrected chi connectivity index (χ3v) is 4.84. The second kappa shape index (κ2) is 5.78. The van der Waals surface area contributed by atoms with E-state index in [1.165, 1.54) is 25.7 Å². The molecule has 5 heteroatoms. The minimum atomic E-state index is -4.01. The van der Waals surface area contributed by atoms with Crippen molar-refractivity contribution in [3.05, 3.63) is 0 Å². The summed E-state index contributed by atoms with van der Waals surface area (Å²) < 4.78 is 37.8. The fourth-order valence-corrected chi connectivity index (χ4v) is 3.78. The van der Waals surface area contributed by atoms with Gasteiger partial charge in [-0.05, 0) is 50.4 Å². The molecule has 2 nitrogen and oxygen atoms in total. The molecule has 2 aliphatic carbocycles. The van der Waals surface area contributed by atoms with Crippen LogP contribution >= 0.6 is 0 Å². The van der Waals surface area contributed by atoms with Crippen LogP contribution in [0.5, 0.6) is 0 Å². The quantitative estimate of drug-likeness (QED) is 0.606. The molecule has 0 saturated heterocycles. The fraction of sp³-hybridized carbons (Fsp3) is 1.00. The normalized spacial score (nSPS) is 32.7. The number of rotatable bonds is 3. The summed E-state index contributed by atoms with van der Waals surface area (Å²) in [7, 11) is 0. The third kappa shape index (κ3) is 3.18. The van der Waals surface area contributed by atoms with Gasteiger partial charge < -0.3 is 0 Å². The van der Waals surface area contributed by atoms with E-state index in [4.69, 9.17) is 5.84 Å². The van der Waals surface area contributed by atoms with Crippen LogP contribution in [-0.2, 0) is 0 Å². The van der Waals surface area contributed by atoms with Crippen molar-refractivity contribution in [2.75, 3.05) is 0 Å². The Labute approximate surface area is 106 Å². The first-order valence-electron chi connectivity index (χ1n) is 7.05. The molecule has 0 bridgehead atoms. The zero-order valence-corrected chi connectivity index (χ0v) is 10.7. The summed E-state index contributed by atoms with van der Waals surface area (Å²) in [5.74, 6) is 5.45. The third-order valence-electron chi connectivity index (χ3n) is 4.84. The molecule has 0 amide bonds. The van der Waals surface area contributed by atoms with Crippen LogP contribution in [0.25, 0.3) is 0 Å². The summed E-state index contributed by atoms with van der Waals surface area (Å²) in [4.78, 5) is 0. The molecule has 2 fully saturated rings. The molecule has 0 aromatic rings. The molecule has 2 rings (SSSR count). The Morgan fingerprint density at radius 3 is 1.83 bits per heavy atom. The Morgan fingerprint density at radius 2 is 1.39 bits per heavy atom. The van der Waals surface area contributed by atoms with Crippen LogP contribution in [0.2, 0.25) is 0 Å². The van der Waals surface area contributed by atoms with Crippen molar-refractivity contribution in [1.82, 2.24) is 5.43 Å². The summed E-state index contributed by atoms with van der Waals surface area (Å²) in [5.41, 5.74) is 2.89. The van der Waals surface area contributed by atoms with Crippen molar-refractivity contribution >= 4 is 0 Å². The second-order valence-electron chi connectivity index (χ2n) is 5.89. The lowest BCUT2D eigenvalue weighted by Gasteiger charge is -2.37. The maximum absolute atomic E-state index is 12.6. The van der Waals surface area contributed by atoms with Crippen LogP contribution in [-0.4, -0.2) is 12.2 Å². The predicted octanol–water partition coefficient (Wildman–Crippen LogP) is 3.38. The topological polar surface area (TPSA) is 38.0 Å². The molecule has 18 heavy (non-hydrogen) atoms. The largest absolute Gasteiger partial charge is 0.391 e. The number of halogens is 3. The molecule has 2 saturated carbocycles. The number of hydrogen-bond donors (Lipinski definition) is 2. The minimum absolute atomic E-state index is 0.224. The first-order chi connectivity index (χ1) is 8.52. The van der Waals surface area contributed by atoms with E-state index in [0.717, 1.165) is 0 Å². The molecule has 0 heterocycles. The van der Waals surface area contributed by atoms with Gasteiger partial charge in [-0.3, -0.25) is 11.3 Å². The Balaban J connectivity index is 1.87. The molecule has 0 aromatic heterocycles. The monoisotopic (exact) mass is 264 g/mol. The number of nitrogens with one attached hydrogen (secondary N) is 1. The van der Waals surface area contributed by atoms with Crippen LogP contribution in [0.4, 0.5) is 13.2 Å². The average Bonchev–Trinajstić information content (AvgIpc) is 2.83. The highest BCUT2D eigenvalue weighted by Crippen LogP contribution is 2.42. The van der Waals surface area contributed by atoms with E-state index in [1.54, 1.807) is 0 Å². The van der Waals surface area contributed by atoms with Gasteiger partial charge in [-0.2, -0.15) is 13.2 Å². The number of hydrazine groups is 1. The minimum Gasteiger partial charge on any atom is -0.271 e. The first-order valence-corrected chi connectivity index (χ1v) is 7.05. The molecule has 106 valence electrons. The van der Waals surface area contributed by atoms with Gasteiger partial charge in [0.2, 0.25) is 0 Å². The van der Waals surface area contributed by atoms with Crippen molar-refractivity contribution in [2.45, 2.75) is 63.6 Å². The Bertz CT molecular complexity index is 253. The van der Waals surface area contributed by atoms with Gasteiger partial charge in [0.05, 0.1) is 5.92 Å². The van der Waals surface area contributed by atoms with Gasteiger partial charge in [-0.15, -0.1) is 0 Å². The first kappa shape index (κ1) is 14.1. The molecular weight excluding hydrogens is 241 g/mol. The van der Waals surface area contributed by atoms with Crippen LogP contribution < -0.4 is 11.3 Å². The maximum Gasteiger partial charge on any atom is 0.391 e. The van der Waals surface area contributed by atoms with Gasteiger partial charge in [-0.1, -0.05) is 12.8 Å². The van der Waals surface area contributed by atoms with Gasteiger partial charge in [-0.25, -0.2) is 0 Å². The molecule has 3 N–H and O–H groups in total. The standard InChI is InChI=1S/C13H23F3N2/c14-13(15,16)11-7-5-10(6-8-11)12(18-17)9-3-1-2-4-9/h9-12,18H,1-8,17H2. The number of alkyl halides is 3. The van der Waals surface area contributed by atoms with E-state index < -0.39 is 12.1 Å². The van der Waals surface area contributed by atoms with Gasteiger partial charge in [0.25, 0.3) is 0 Å². The van der Waals surface area contributed by atoms with E-state index >= 15 is 0 Å². The maximum atomic E-state index is 12.6. The lowest BCUT2D eigenvalue weighted by atomic mass is 9.74. The Morgan fingerprint density at radius 1 is 0.889 bits per heavy atom. The second-order valence-corrected chi connectivity index (χ2v) is 5.89. The van der Waals surface area contributed by atoms with Crippen molar-refractivity contribution in [2.24, 2.45) is 23.6 Å². The molecule has 1 atom stereocenters. The summed E-state index contributed by atoms with van der Waals surface area (Å²) in [6, 6.07) is 0.224. The van der Waals surface area contributed by atoms with Crippen LogP contribution in [0.15, 0.2) is 0 Å². The van der Waals surface area contributed by atoms with Crippen molar-refractivity contribution < 1.29 is 13.2 Å². The summed E-state index contributed by atoms with van der Waals surface area (Å²) in [5, 5.41) is 0. The van der Waals surface area contributed by atoms with E-state index in [1.807, 2.05) is 0 Å². The molecule has 0 aromatic carbocycles. The fourth-order valence-electron chi connectivity index (χ4n) is 3.78. The van der Waals surface area contributed by atoms with E-state index in [-0.39, 0.29) is 18.9 Å². The highest BCUT2D eigenvalue weighted by Gasteiger charge is 2.43. The molecule has 2 aliphatic rings. The van der Waals surface area contributed by atoms with Crippen molar-refractivity contribution in [3.8, 4) is 0 Å². The van der Waals surface area contributed by atoms with Crippen LogP contribution in [0.3, 0.4) is 0 Å². The van der Waals surface area contributed by atoms with Crippen molar-refractivity contribution in [1.29, 1.82) is 0 Å². The zero-order chi connectivity index (χ0) is 13.2. The Hall–Kier alpha value is -0.290. The number of nitrogens with two attached hydrogens (primary N) is 1. The SMILES string of the molecule is NNC(C1CCCC1)C1CCC(C(F)(F)F)CC1. The average molecular weight is 264 g/mol. The van der Waals surface area contributed by atoms with Gasteiger partial charge in [0.15, 0.2) is 0 Å². The molecular formula is C13H23F3N2. The lowest BCUT2D eigenvalue weighted by Crippen LogP contribution is -2.47. The molecule has 0 aliphatic heterocycles. The predicted molar refractivity (Wildman–Crippen MR) is 64.6 cm³/mol. The van der Waals surface area contributed by atoms with Gasteiger partial charge in [0, 0.05) is 6.04 Å². The van der Waals surface area contributed by atoms with E-state index in [2.05, 4.69) is 5.43 Å². The zero-order valence-electron chi connectivity index (χ0n) is 10.7. The summed E-state index contributed by atoms with van der Waals surface area (Å²) in [6.45, 7) is 0. The molecule has 1 unspecified atom stereocenters. The van der Waals surface area contributed by atoms with Crippen molar-refractivity contribution in [3.63, 3.8) is 0 Å². The highest BCUT2D eigenvalue weighted by molar-refractivity contribution is 4.88. The molecule has 0 spiro atoms. The van der Waals surface area contributed by atoms with E-state index in [0.29, 0.717) is 24.7 Å². The van der Waals surface area contributed by atoms with Crippen LogP contribution in [0.1, 0.15) is 51.4 Å². The van der Waals surface area contributed by atoms with Gasteiger partial charge >= 0.3 is 6.18 Å². The summed E-state index contributed by atoms with van der Waals surface area (Å²) in [6.07, 6.45) is 2.69. The lowest BCUT2D eigenvalue weighted by molar-refractivity contribution is -0.184. The van der Waals surface area contributed by atoms with E-state index in [9.17, 15) is 13.2 Å². The summed E-state index contributed by atoms with van der Waals surface area (Å²) >= 11 is 0. The molecule has 0 radical (unpaired) electrons. The smallest absolute Gasteiger partial charge is 0.271 e.